The van der Waals surface area contributed by atoms with Crippen molar-refractivity contribution >= 4 is 23.9 Å². The fourth-order valence-electron chi connectivity index (χ4n) is 0.847. The zero-order chi connectivity index (χ0) is 20.0. The van der Waals surface area contributed by atoms with Crippen molar-refractivity contribution in [2.45, 2.75) is 39.2 Å². The molecule has 0 spiro atoms. The van der Waals surface area contributed by atoms with Crippen LogP contribution in [0.5, 0.6) is 0 Å². The van der Waals surface area contributed by atoms with Crippen LogP contribution in [0.1, 0.15) is 33.1 Å². The molecule has 1 saturated heterocycles. The first kappa shape index (κ1) is 24.6. The number of aliphatic carboxylic acids is 3. The summed E-state index contributed by atoms with van der Waals surface area (Å²) in [7, 11) is 0. The first-order valence-electron chi connectivity index (χ1n) is 7.24. The third-order valence-electron chi connectivity index (χ3n) is 2.30. The first-order chi connectivity index (χ1) is 11.5. The second kappa shape index (κ2) is 13.7. The summed E-state index contributed by atoms with van der Waals surface area (Å²) in [5.41, 5.74) is 0.607. The van der Waals surface area contributed by atoms with E-state index in [1.807, 2.05) is 0 Å². The van der Waals surface area contributed by atoms with Crippen molar-refractivity contribution in [1.82, 2.24) is 0 Å². The Hall–Kier alpha value is -2.68. The van der Waals surface area contributed by atoms with Crippen molar-refractivity contribution in [3.63, 3.8) is 0 Å². The molecule has 1 aliphatic heterocycles. The molecular formula is C16H24O9. The van der Waals surface area contributed by atoms with Crippen LogP contribution in [0.4, 0.5) is 0 Å². The van der Waals surface area contributed by atoms with Gasteiger partial charge in [-0.05, 0) is 20.3 Å². The number of hydrogen-bond acceptors (Lipinski definition) is 6. The number of carboxylic acid groups (broad SMARTS) is 3. The van der Waals surface area contributed by atoms with E-state index in [4.69, 9.17) is 24.8 Å². The molecule has 0 saturated carbocycles. The summed E-state index contributed by atoms with van der Waals surface area (Å²) in [5, 5.41) is 24.0. The molecule has 9 nitrogen and oxygen atoms in total. The van der Waals surface area contributed by atoms with Crippen molar-refractivity contribution in [2.24, 2.45) is 0 Å². The van der Waals surface area contributed by atoms with E-state index >= 15 is 0 Å². The van der Waals surface area contributed by atoms with E-state index in [-0.39, 0.29) is 36.9 Å². The largest absolute Gasteiger partial charge is 0.481 e. The number of esters is 1. The van der Waals surface area contributed by atoms with Gasteiger partial charge in [0, 0.05) is 24.0 Å². The maximum atomic E-state index is 10.7. The van der Waals surface area contributed by atoms with E-state index in [1.165, 1.54) is 6.92 Å². The van der Waals surface area contributed by atoms with Crippen LogP contribution >= 0.6 is 0 Å². The highest BCUT2D eigenvalue weighted by Gasteiger charge is 2.24. The highest BCUT2D eigenvalue weighted by molar-refractivity contribution is 5.87. The lowest BCUT2D eigenvalue weighted by molar-refractivity contribution is -0.140. The molecule has 9 heteroatoms. The summed E-state index contributed by atoms with van der Waals surface area (Å²) in [5.74, 6) is -3.17. The Labute approximate surface area is 145 Å². The molecule has 1 unspecified atom stereocenters. The molecule has 1 atom stereocenters. The normalized spacial score (nSPS) is 13.8. The van der Waals surface area contributed by atoms with Crippen molar-refractivity contribution < 1.29 is 44.0 Å². The molecule has 0 bridgehead atoms. The maximum Gasteiger partial charge on any atom is 0.333 e. The van der Waals surface area contributed by atoms with Crippen LogP contribution in [-0.4, -0.2) is 58.5 Å². The Morgan fingerprint density at radius 3 is 1.64 bits per heavy atom. The van der Waals surface area contributed by atoms with E-state index in [0.29, 0.717) is 18.8 Å². The Kier molecular flexibility index (Phi) is 13.5. The van der Waals surface area contributed by atoms with Crippen LogP contribution in [0.2, 0.25) is 0 Å². The minimum atomic E-state index is -0.948. The van der Waals surface area contributed by atoms with Crippen LogP contribution in [-0.2, 0) is 28.7 Å². The third-order valence-corrected chi connectivity index (χ3v) is 2.30. The smallest absolute Gasteiger partial charge is 0.333 e. The molecule has 0 aromatic rings. The van der Waals surface area contributed by atoms with Crippen molar-refractivity contribution in [1.29, 1.82) is 0 Å². The summed E-state index contributed by atoms with van der Waals surface area (Å²) in [6, 6.07) is 0. The van der Waals surface area contributed by atoms with Gasteiger partial charge in [-0.2, -0.15) is 0 Å². The van der Waals surface area contributed by atoms with Gasteiger partial charge in [-0.3, -0.25) is 9.59 Å². The van der Waals surface area contributed by atoms with E-state index in [9.17, 15) is 19.2 Å². The van der Waals surface area contributed by atoms with E-state index in [1.54, 1.807) is 6.92 Å². The Morgan fingerprint density at radius 1 is 1.00 bits per heavy atom. The fourth-order valence-corrected chi connectivity index (χ4v) is 0.847. The van der Waals surface area contributed by atoms with Gasteiger partial charge >= 0.3 is 23.9 Å². The number of carbonyl (C=O) groups is 4. The monoisotopic (exact) mass is 360 g/mol. The van der Waals surface area contributed by atoms with Crippen LogP contribution < -0.4 is 0 Å². The summed E-state index contributed by atoms with van der Waals surface area (Å²) < 4.78 is 9.60. The van der Waals surface area contributed by atoms with E-state index < -0.39 is 17.9 Å². The minimum absolute atomic E-state index is 0.0632. The van der Waals surface area contributed by atoms with Crippen LogP contribution in [0, 0.1) is 0 Å². The quantitative estimate of drug-likeness (QED) is 0.332. The van der Waals surface area contributed by atoms with Gasteiger partial charge < -0.3 is 24.8 Å². The van der Waals surface area contributed by atoms with Gasteiger partial charge in [0.15, 0.2) is 0 Å². The number of rotatable bonds is 8. The molecule has 25 heavy (non-hydrogen) atoms. The standard InChI is InChI=1S/C7H10O3.C5H8O4.C4H6O2/c1-5(2)7(8)10-4-6-3-9-6;6-4(7)2-1-3-5(8)9;1-3(2)4(5)6/h6H,1,3-4H2,2H3;1-3H2,(H,6,7)(H,8,9);1H2,2H3,(H,5,6). The van der Waals surface area contributed by atoms with Crippen molar-refractivity contribution in [3.05, 3.63) is 24.3 Å². The molecule has 1 aliphatic rings. The van der Waals surface area contributed by atoms with Gasteiger partial charge in [0.25, 0.3) is 0 Å². The maximum absolute atomic E-state index is 10.7. The number of hydrogen-bond donors (Lipinski definition) is 3. The fraction of sp³-hybridized carbons (Fsp3) is 0.500. The summed E-state index contributed by atoms with van der Waals surface area (Å²) in [4.78, 5) is 39.9. The zero-order valence-corrected chi connectivity index (χ0v) is 14.3. The van der Waals surface area contributed by atoms with Crippen molar-refractivity contribution in [2.75, 3.05) is 13.2 Å². The van der Waals surface area contributed by atoms with Crippen molar-refractivity contribution in [3.8, 4) is 0 Å². The molecule has 0 aromatic heterocycles. The summed E-state index contributed by atoms with van der Waals surface area (Å²) >= 11 is 0. The van der Waals surface area contributed by atoms with Gasteiger partial charge in [-0.25, -0.2) is 9.59 Å². The second-order valence-corrected chi connectivity index (χ2v) is 5.06. The molecule has 0 aliphatic carbocycles. The molecule has 1 fully saturated rings. The summed E-state index contributed by atoms with van der Waals surface area (Å²) in [6.07, 6.45) is 0.229. The SMILES string of the molecule is C=C(C)C(=O)O.C=C(C)C(=O)OCC1CO1.O=C(O)CCCC(=O)O. The van der Waals surface area contributed by atoms with Gasteiger partial charge in [0.05, 0.1) is 6.61 Å². The van der Waals surface area contributed by atoms with Crippen LogP contribution in [0.15, 0.2) is 24.3 Å². The highest BCUT2D eigenvalue weighted by Crippen LogP contribution is 2.09. The molecule has 1 heterocycles. The minimum Gasteiger partial charge on any atom is -0.481 e. The molecule has 0 radical (unpaired) electrons. The zero-order valence-electron chi connectivity index (χ0n) is 14.3. The number of carboxylic acids is 3. The van der Waals surface area contributed by atoms with Crippen LogP contribution in [0.3, 0.4) is 0 Å². The summed E-state index contributed by atoms with van der Waals surface area (Å²) in [6.45, 7) is 10.7. The lowest BCUT2D eigenvalue weighted by atomic mass is 10.2. The molecule has 142 valence electrons. The average Bonchev–Trinajstić information content (AvgIpc) is 3.29. The first-order valence-corrected chi connectivity index (χ1v) is 7.24. The number of ether oxygens (including phenoxy) is 2. The molecule has 0 amide bonds. The lowest BCUT2D eigenvalue weighted by Crippen LogP contribution is -2.09. The van der Waals surface area contributed by atoms with Gasteiger partial charge in [0.2, 0.25) is 0 Å². The molecule has 0 aromatic carbocycles. The number of carbonyl (C=O) groups excluding carboxylic acids is 1. The lowest BCUT2D eigenvalue weighted by Gasteiger charge is -1.99. The second-order valence-electron chi connectivity index (χ2n) is 5.06. The van der Waals surface area contributed by atoms with Gasteiger partial charge in [0.1, 0.15) is 12.7 Å². The molecule has 1 rings (SSSR count). The molecule has 3 N–H and O–H groups in total. The van der Waals surface area contributed by atoms with E-state index in [2.05, 4.69) is 13.2 Å². The predicted octanol–water partition coefficient (Wildman–Crippen LogP) is 1.48. The Morgan fingerprint density at radius 2 is 1.40 bits per heavy atom. The van der Waals surface area contributed by atoms with Crippen LogP contribution in [0.25, 0.3) is 0 Å². The van der Waals surface area contributed by atoms with Gasteiger partial charge in [-0.15, -0.1) is 0 Å². The third kappa shape index (κ3) is 21.3. The Balaban J connectivity index is 0. The molecular weight excluding hydrogens is 336 g/mol. The average molecular weight is 360 g/mol. The Bertz CT molecular complexity index is 478. The number of epoxide rings is 1. The van der Waals surface area contributed by atoms with Gasteiger partial charge in [-0.1, -0.05) is 13.2 Å². The highest BCUT2D eigenvalue weighted by atomic mass is 16.6. The predicted molar refractivity (Wildman–Crippen MR) is 87.1 cm³/mol. The topological polar surface area (TPSA) is 151 Å². The van der Waals surface area contributed by atoms with E-state index in [0.717, 1.165) is 0 Å².